The number of hydrogen-bond acceptors (Lipinski definition) is 0. The Morgan fingerprint density at radius 2 is 1.56 bits per heavy atom. The molecule has 6 atom stereocenters. The van der Waals surface area contributed by atoms with Crippen LogP contribution in [0.5, 0.6) is 0 Å². The second kappa shape index (κ2) is 5.51. The van der Waals surface area contributed by atoms with Crippen LogP contribution in [0.3, 0.4) is 0 Å². The number of alkyl halides is 8. The van der Waals surface area contributed by atoms with Crippen molar-refractivity contribution in [3.63, 3.8) is 0 Å². The molecule has 0 saturated heterocycles. The molecule has 2 unspecified atom stereocenters. The highest BCUT2D eigenvalue weighted by atomic mass is 35.5. The van der Waals surface area contributed by atoms with Gasteiger partial charge in [-0.1, -0.05) is 0 Å². The van der Waals surface area contributed by atoms with Crippen molar-refractivity contribution in [2.75, 3.05) is 5.88 Å². The lowest BCUT2D eigenvalue weighted by atomic mass is 9.70. The maximum Gasteiger partial charge on any atom is 0.115 e. The molecule has 18 heavy (non-hydrogen) atoms. The lowest BCUT2D eigenvalue weighted by Crippen LogP contribution is -2.50. The van der Waals surface area contributed by atoms with Crippen molar-refractivity contribution in [2.45, 2.75) is 32.2 Å². The van der Waals surface area contributed by atoms with Gasteiger partial charge in [-0.05, 0) is 6.42 Å². The summed E-state index contributed by atoms with van der Waals surface area (Å²) in [6, 6.07) is 0. The minimum atomic E-state index is -0.784. The topological polar surface area (TPSA) is 0 Å². The molecule has 2 rings (SSSR count). The van der Waals surface area contributed by atoms with Crippen LogP contribution in [0.4, 0.5) is 0 Å². The van der Waals surface area contributed by atoms with Crippen molar-refractivity contribution in [3.8, 4) is 0 Å². The Labute approximate surface area is 146 Å². The van der Waals surface area contributed by atoms with Gasteiger partial charge < -0.3 is 0 Å². The lowest BCUT2D eigenvalue weighted by Gasteiger charge is -2.45. The van der Waals surface area contributed by atoms with Gasteiger partial charge in [0.25, 0.3) is 0 Å². The Balaban J connectivity index is 2.64. The predicted octanol–water partition coefficient (Wildman–Crippen LogP) is 5.66. The first-order valence-corrected chi connectivity index (χ1v) is 8.90. The molecule has 2 fully saturated rings. The largest absolute Gasteiger partial charge is 0.126 e. The Morgan fingerprint density at radius 3 is 1.89 bits per heavy atom. The summed E-state index contributed by atoms with van der Waals surface area (Å²) in [5.41, 5.74) is -1.53. The van der Waals surface area contributed by atoms with E-state index in [1.54, 1.807) is 0 Å². The zero-order valence-electron chi connectivity index (χ0n) is 8.90. The van der Waals surface area contributed by atoms with Crippen LogP contribution in [0.2, 0.25) is 0 Å². The van der Waals surface area contributed by atoms with Crippen molar-refractivity contribution in [1.29, 1.82) is 0 Å². The number of halogens is 8. The number of fused-ring (bicyclic) bond motifs is 2. The third-order valence-corrected chi connectivity index (χ3v) is 8.24. The summed E-state index contributed by atoms with van der Waals surface area (Å²) in [4.78, 5) is -1.57. The summed E-state index contributed by atoms with van der Waals surface area (Å²) in [6.07, 6.45) is 0.511. The molecule has 0 aromatic heterocycles. The van der Waals surface area contributed by atoms with Gasteiger partial charge in [0.15, 0.2) is 0 Å². The van der Waals surface area contributed by atoms with Gasteiger partial charge in [0.05, 0.1) is 10.8 Å². The molecule has 0 radical (unpaired) electrons. The van der Waals surface area contributed by atoms with Crippen molar-refractivity contribution >= 4 is 92.8 Å². The summed E-state index contributed by atoms with van der Waals surface area (Å²) in [6.45, 7) is 0. The first kappa shape index (κ1) is 16.7. The molecule has 106 valence electrons. The van der Waals surface area contributed by atoms with E-state index in [4.69, 9.17) is 92.8 Å². The van der Waals surface area contributed by atoms with E-state index in [1.165, 1.54) is 0 Å². The Bertz CT molecular complexity index is 326. The van der Waals surface area contributed by atoms with E-state index in [9.17, 15) is 0 Å². The van der Waals surface area contributed by atoms with Crippen LogP contribution < -0.4 is 0 Å². The summed E-state index contributed by atoms with van der Waals surface area (Å²) in [5, 5.41) is -1.10. The predicted molar refractivity (Wildman–Crippen MR) is 83.6 cm³/mol. The summed E-state index contributed by atoms with van der Waals surface area (Å²) < 4.78 is 0. The van der Waals surface area contributed by atoms with Crippen molar-refractivity contribution in [2.24, 2.45) is 16.7 Å². The molecule has 0 aromatic rings. The van der Waals surface area contributed by atoms with Crippen LogP contribution in [-0.4, -0.2) is 31.7 Å². The van der Waals surface area contributed by atoms with E-state index in [0.29, 0.717) is 6.42 Å². The van der Waals surface area contributed by atoms with Crippen LogP contribution in [0.1, 0.15) is 6.42 Å². The molecule has 0 aliphatic heterocycles. The molecule has 0 nitrogen and oxygen atoms in total. The highest BCUT2D eigenvalue weighted by Crippen LogP contribution is 2.75. The molecule has 0 spiro atoms. The first-order chi connectivity index (χ1) is 8.27. The van der Waals surface area contributed by atoms with Crippen LogP contribution in [0, 0.1) is 16.7 Å². The zero-order chi connectivity index (χ0) is 13.9. The number of rotatable bonds is 3. The molecular weight excluding hydrogens is 404 g/mol. The lowest BCUT2D eigenvalue weighted by molar-refractivity contribution is 0.144. The fourth-order valence-corrected chi connectivity index (χ4v) is 8.11. The smallest absolute Gasteiger partial charge is 0.115 e. The van der Waals surface area contributed by atoms with E-state index in [-0.39, 0.29) is 17.2 Å². The minimum Gasteiger partial charge on any atom is -0.126 e. The van der Waals surface area contributed by atoms with Gasteiger partial charge in [0, 0.05) is 28.0 Å². The molecule has 2 saturated carbocycles. The fourth-order valence-electron chi connectivity index (χ4n) is 3.62. The van der Waals surface area contributed by atoms with Crippen LogP contribution in [0.15, 0.2) is 0 Å². The molecule has 2 bridgehead atoms. The quantitative estimate of drug-likeness (QED) is 0.524. The molecule has 0 N–H and O–H groups in total. The number of hydrogen-bond donors (Lipinski definition) is 0. The van der Waals surface area contributed by atoms with Gasteiger partial charge in [-0.3, -0.25) is 0 Å². The standard InChI is InChI=1S/C10H10Cl8/c11-2-10(8(17)18)4-3(12)1-9(10,7(15)16)6(14)5(4)13/h3-8H,1-2H2/t3-,4-,5+,6-,9?,10?/m0/s1. The highest BCUT2D eigenvalue weighted by molar-refractivity contribution is 6.48. The summed E-state index contributed by atoms with van der Waals surface area (Å²) >= 11 is 50.1. The molecule has 0 heterocycles. The average Bonchev–Trinajstić information content (AvgIpc) is 2.66. The Hall–Kier alpha value is 2.32. The van der Waals surface area contributed by atoms with E-state index in [2.05, 4.69) is 0 Å². The monoisotopic (exact) mass is 410 g/mol. The van der Waals surface area contributed by atoms with E-state index < -0.39 is 31.3 Å². The Morgan fingerprint density at radius 1 is 1.00 bits per heavy atom. The molecule has 2 aliphatic carbocycles. The van der Waals surface area contributed by atoms with Crippen LogP contribution in [-0.2, 0) is 0 Å². The van der Waals surface area contributed by atoms with Crippen molar-refractivity contribution in [1.82, 2.24) is 0 Å². The van der Waals surface area contributed by atoms with E-state index in [0.717, 1.165) is 0 Å². The minimum absolute atomic E-state index is 0.168. The summed E-state index contributed by atoms with van der Waals surface area (Å²) in [5.74, 6) is -0.0400. The maximum absolute atomic E-state index is 6.45. The van der Waals surface area contributed by atoms with E-state index in [1.807, 2.05) is 0 Å². The zero-order valence-corrected chi connectivity index (χ0v) is 14.9. The molecular formula is C10H10Cl8. The second-order valence-electron chi connectivity index (χ2n) is 4.91. The average molecular weight is 414 g/mol. The fraction of sp³-hybridized carbons (Fsp3) is 1.00. The van der Waals surface area contributed by atoms with Crippen LogP contribution >= 0.6 is 92.8 Å². The van der Waals surface area contributed by atoms with Gasteiger partial charge in [-0.15, -0.1) is 92.8 Å². The van der Waals surface area contributed by atoms with Gasteiger partial charge in [0.2, 0.25) is 0 Å². The van der Waals surface area contributed by atoms with Gasteiger partial charge >= 0.3 is 0 Å². The van der Waals surface area contributed by atoms with Gasteiger partial charge in [0.1, 0.15) is 9.67 Å². The first-order valence-electron chi connectivity index (χ1n) is 5.31. The van der Waals surface area contributed by atoms with Gasteiger partial charge in [-0.2, -0.15) is 0 Å². The van der Waals surface area contributed by atoms with Crippen molar-refractivity contribution in [3.05, 3.63) is 0 Å². The normalized spacial score (nSPS) is 51.7. The molecule has 0 aromatic carbocycles. The SMILES string of the molecule is ClCC1(C(Cl)Cl)[C@@H]2[C@@H](Cl)[C@H](Cl)C1(C(Cl)Cl)C[C@@H]2Cl. The van der Waals surface area contributed by atoms with Crippen LogP contribution in [0.25, 0.3) is 0 Å². The third-order valence-electron chi connectivity index (χ3n) is 4.50. The molecule has 2 aliphatic rings. The molecule has 0 amide bonds. The highest BCUT2D eigenvalue weighted by Gasteiger charge is 2.78. The second-order valence-corrected chi connectivity index (χ2v) is 8.90. The van der Waals surface area contributed by atoms with Crippen molar-refractivity contribution < 1.29 is 0 Å². The van der Waals surface area contributed by atoms with Gasteiger partial charge in [-0.25, -0.2) is 0 Å². The Kier molecular flexibility index (Phi) is 5.10. The molecule has 8 heteroatoms. The maximum atomic E-state index is 6.45. The third kappa shape index (κ3) is 1.80. The summed E-state index contributed by atoms with van der Waals surface area (Å²) in [7, 11) is 0. The van der Waals surface area contributed by atoms with E-state index >= 15 is 0 Å².